The van der Waals surface area contributed by atoms with E-state index < -0.39 is 0 Å². The van der Waals surface area contributed by atoms with E-state index in [-0.39, 0.29) is 0 Å². The van der Waals surface area contributed by atoms with Crippen LogP contribution in [0.1, 0.15) is 16.8 Å². The molecule has 0 aliphatic heterocycles. The number of benzene rings is 1. The number of methoxy groups -OCH3 is 2. The molecule has 0 bridgehead atoms. The topological polar surface area (TPSA) is 79.4 Å². The smallest absolute Gasteiger partial charge is 0.182 e. The Bertz CT molecular complexity index is 1450. The quantitative estimate of drug-likeness (QED) is 0.441. The van der Waals surface area contributed by atoms with Crippen molar-refractivity contribution in [2.24, 2.45) is 0 Å². The standard InChI is InChI=1S/C23H22N6O2/c1-13-7-6-10-24-21(13)29-15(3)14(2)19-22(29)25-12-28-23(19)26-20(27-28)16-8-9-17(30-4)18(11-16)31-5/h6-12H,1-5H3. The number of hydrogen-bond donors (Lipinski definition) is 0. The summed E-state index contributed by atoms with van der Waals surface area (Å²) in [4.78, 5) is 14.2. The molecule has 0 aliphatic carbocycles. The summed E-state index contributed by atoms with van der Waals surface area (Å²) in [7, 11) is 3.23. The van der Waals surface area contributed by atoms with E-state index >= 15 is 0 Å². The minimum Gasteiger partial charge on any atom is -0.493 e. The fourth-order valence-corrected chi connectivity index (χ4v) is 3.93. The first-order chi connectivity index (χ1) is 15.0. The summed E-state index contributed by atoms with van der Waals surface area (Å²) < 4.78 is 14.6. The molecule has 0 N–H and O–H groups in total. The van der Waals surface area contributed by atoms with Gasteiger partial charge in [0.15, 0.2) is 28.6 Å². The van der Waals surface area contributed by atoms with E-state index in [9.17, 15) is 0 Å². The number of aryl methyl sites for hydroxylation is 2. The Labute approximate surface area is 179 Å². The van der Waals surface area contributed by atoms with E-state index in [1.807, 2.05) is 37.3 Å². The van der Waals surface area contributed by atoms with Crippen molar-refractivity contribution >= 4 is 16.7 Å². The van der Waals surface area contributed by atoms with Crippen molar-refractivity contribution in [3.8, 4) is 28.7 Å². The largest absolute Gasteiger partial charge is 0.493 e. The monoisotopic (exact) mass is 414 g/mol. The zero-order valence-electron chi connectivity index (χ0n) is 18.0. The predicted molar refractivity (Wildman–Crippen MR) is 118 cm³/mol. The van der Waals surface area contributed by atoms with E-state index in [1.165, 1.54) is 0 Å². The summed E-state index contributed by atoms with van der Waals surface area (Å²) in [6, 6.07) is 9.63. The van der Waals surface area contributed by atoms with Crippen LogP contribution in [0, 0.1) is 20.8 Å². The summed E-state index contributed by atoms with van der Waals surface area (Å²) in [6.07, 6.45) is 3.50. The van der Waals surface area contributed by atoms with Gasteiger partial charge in [-0.15, -0.1) is 5.10 Å². The molecule has 31 heavy (non-hydrogen) atoms. The summed E-state index contributed by atoms with van der Waals surface area (Å²) in [5.74, 6) is 2.75. The highest BCUT2D eigenvalue weighted by Gasteiger charge is 2.21. The molecule has 5 rings (SSSR count). The van der Waals surface area contributed by atoms with Crippen molar-refractivity contribution in [3.05, 3.63) is 59.7 Å². The maximum Gasteiger partial charge on any atom is 0.182 e. The zero-order chi connectivity index (χ0) is 21.7. The summed E-state index contributed by atoms with van der Waals surface area (Å²) in [5.41, 5.74) is 5.66. The molecule has 0 atom stereocenters. The van der Waals surface area contributed by atoms with Gasteiger partial charge in [-0.25, -0.2) is 19.5 Å². The molecule has 0 radical (unpaired) electrons. The third-order valence-corrected chi connectivity index (χ3v) is 5.67. The highest BCUT2D eigenvalue weighted by atomic mass is 16.5. The lowest BCUT2D eigenvalue weighted by molar-refractivity contribution is 0.355. The van der Waals surface area contributed by atoms with Crippen LogP contribution in [0.2, 0.25) is 0 Å². The third-order valence-electron chi connectivity index (χ3n) is 5.67. The molecule has 0 fully saturated rings. The average molecular weight is 414 g/mol. The van der Waals surface area contributed by atoms with Crippen LogP contribution in [0.4, 0.5) is 0 Å². The van der Waals surface area contributed by atoms with Crippen LogP contribution in [-0.2, 0) is 0 Å². The van der Waals surface area contributed by atoms with Gasteiger partial charge in [0.2, 0.25) is 0 Å². The summed E-state index contributed by atoms with van der Waals surface area (Å²) in [6.45, 7) is 6.21. The van der Waals surface area contributed by atoms with Crippen molar-refractivity contribution in [2.75, 3.05) is 14.2 Å². The van der Waals surface area contributed by atoms with Crippen molar-refractivity contribution in [2.45, 2.75) is 20.8 Å². The molecule has 8 nitrogen and oxygen atoms in total. The van der Waals surface area contributed by atoms with Gasteiger partial charge in [0, 0.05) is 17.5 Å². The first kappa shape index (κ1) is 19.0. The second-order valence-corrected chi connectivity index (χ2v) is 7.41. The number of hydrogen-bond acceptors (Lipinski definition) is 6. The van der Waals surface area contributed by atoms with E-state index in [1.54, 1.807) is 31.3 Å². The molecule has 5 aromatic rings. The van der Waals surface area contributed by atoms with E-state index in [2.05, 4.69) is 28.5 Å². The zero-order valence-corrected chi connectivity index (χ0v) is 18.0. The Kier molecular flexibility index (Phi) is 4.35. The molecule has 0 saturated heterocycles. The molecule has 0 spiro atoms. The van der Waals surface area contributed by atoms with Crippen LogP contribution in [-0.4, -0.2) is 43.4 Å². The number of pyridine rings is 1. The molecule has 1 aromatic carbocycles. The highest BCUT2D eigenvalue weighted by Crippen LogP contribution is 2.33. The van der Waals surface area contributed by atoms with Gasteiger partial charge in [-0.05, 0) is 56.2 Å². The summed E-state index contributed by atoms with van der Waals surface area (Å²) in [5, 5.41) is 5.62. The minimum absolute atomic E-state index is 0.592. The lowest BCUT2D eigenvalue weighted by Gasteiger charge is -2.09. The minimum atomic E-state index is 0.592. The number of aromatic nitrogens is 6. The first-order valence-electron chi connectivity index (χ1n) is 9.91. The Balaban J connectivity index is 1.75. The van der Waals surface area contributed by atoms with E-state index in [4.69, 9.17) is 19.4 Å². The van der Waals surface area contributed by atoms with E-state index in [0.29, 0.717) is 17.3 Å². The predicted octanol–water partition coefficient (Wildman–Crippen LogP) is 4.07. The van der Waals surface area contributed by atoms with Crippen LogP contribution in [0.3, 0.4) is 0 Å². The lowest BCUT2D eigenvalue weighted by atomic mass is 10.2. The second kappa shape index (κ2) is 7.09. The lowest BCUT2D eigenvalue weighted by Crippen LogP contribution is -2.03. The fourth-order valence-electron chi connectivity index (χ4n) is 3.93. The van der Waals surface area contributed by atoms with Gasteiger partial charge in [-0.1, -0.05) is 6.07 Å². The maximum atomic E-state index is 5.43. The average Bonchev–Trinajstić information content (AvgIpc) is 3.33. The molecule has 156 valence electrons. The Hall–Kier alpha value is -3.94. The van der Waals surface area contributed by atoms with Crippen molar-refractivity contribution in [3.63, 3.8) is 0 Å². The fraction of sp³-hybridized carbons (Fsp3) is 0.217. The van der Waals surface area contributed by atoms with Crippen LogP contribution >= 0.6 is 0 Å². The van der Waals surface area contributed by atoms with Gasteiger partial charge in [0.1, 0.15) is 12.1 Å². The summed E-state index contributed by atoms with van der Waals surface area (Å²) >= 11 is 0. The molecule has 0 aliphatic rings. The molecule has 0 unspecified atom stereocenters. The van der Waals surface area contributed by atoms with Crippen LogP contribution in [0.25, 0.3) is 33.9 Å². The molecule has 0 amide bonds. The van der Waals surface area contributed by atoms with Crippen molar-refractivity contribution in [1.29, 1.82) is 0 Å². The van der Waals surface area contributed by atoms with Crippen LogP contribution in [0.5, 0.6) is 11.5 Å². The third kappa shape index (κ3) is 2.83. The van der Waals surface area contributed by atoms with Gasteiger partial charge in [0.25, 0.3) is 0 Å². The highest BCUT2D eigenvalue weighted by molar-refractivity contribution is 5.95. The van der Waals surface area contributed by atoms with Gasteiger partial charge in [0.05, 0.1) is 19.6 Å². The molecule has 4 heterocycles. The van der Waals surface area contributed by atoms with Gasteiger partial charge in [-0.2, -0.15) is 0 Å². The van der Waals surface area contributed by atoms with Crippen LogP contribution in [0.15, 0.2) is 42.9 Å². The molecule has 8 heteroatoms. The second-order valence-electron chi connectivity index (χ2n) is 7.41. The molecular formula is C23H22N6O2. The number of nitrogens with zero attached hydrogens (tertiary/aromatic N) is 6. The Morgan fingerprint density at radius 2 is 1.71 bits per heavy atom. The SMILES string of the molecule is COc1ccc(-c2nc3c4c(C)c(C)n(-c5ncccc5C)c4ncn3n2)cc1OC. The normalized spacial score (nSPS) is 11.4. The van der Waals surface area contributed by atoms with Crippen molar-refractivity contribution in [1.82, 2.24) is 29.1 Å². The number of fused-ring (bicyclic) bond motifs is 3. The maximum absolute atomic E-state index is 5.43. The molecular weight excluding hydrogens is 392 g/mol. The van der Waals surface area contributed by atoms with Crippen LogP contribution < -0.4 is 9.47 Å². The van der Waals surface area contributed by atoms with Gasteiger partial charge >= 0.3 is 0 Å². The van der Waals surface area contributed by atoms with Gasteiger partial charge in [-0.3, -0.25) is 4.57 Å². The van der Waals surface area contributed by atoms with Gasteiger partial charge < -0.3 is 9.47 Å². The van der Waals surface area contributed by atoms with E-state index in [0.717, 1.165) is 44.9 Å². The first-order valence-corrected chi connectivity index (χ1v) is 9.91. The Morgan fingerprint density at radius 1 is 0.903 bits per heavy atom. The Morgan fingerprint density at radius 3 is 2.45 bits per heavy atom. The molecule has 4 aromatic heterocycles. The number of rotatable bonds is 4. The van der Waals surface area contributed by atoms with Crippen molar-refractivity contribution < 1.29 is 9.47 Å². The number of ether oxygens (including phenoxy) is 2. The molecule has 0 saturated carbocycles.